The summed E-state index contributed by atoms with van der Waals surface area (Å²) < 4.78 is 10.2. The van der Waals surface area contributed by atoms with Crippen LogP contribution in [0.5, 0.6) is 5.75 Å². The molecule has 8 nitrogen and oxygen atoms in total. The molecule has 0 spiro atoms. The van der Waals surface area contributed by atoms with Crippen LogP contribution in [0, 0.1) is 0 Å². The highest BCUT2D eigenvalue weighted by Crippen LogP contribution is 2.22. The molecule has 0 aromatic heterocycles. The molecule has 0 bridgehead atoms. The van der Waals surface area contributed by atoms with Crippen molar-refractivity contribution in [3.8, 4) is 5.75 Å². The van der Waals surface area contributed by atoms with Crippen molar-refractivity contribution in [2.24, 2.45) is 0 Å². The Morgan fingerprint density at radius 1 is 1.11 bits per heavy atom. The third-order valence-corrected chi connectivity index (χ3v) is 4.04. The second-order valence-electron chi connectivity index (χ2n) is 7.25. The number of carbonyl (C=O) groups excluding carboxylic acids is 3. The maximum Gasteiger partial charge on any atom is 0.397 e. The number of piperazine rings is 1. The van der Waals surface area contributed by atoms with Gasteiger partial charge in [0.05, 0.1) is 13.7 Å². The number of amides is 2. The average Bonchev–Trinajstić information content (AvgIpc) is 2.64. The Morgan fingerprint density at radius 3 is 2.37 bits per heavy atom. The van der Waals surface area contributed by atoms with Crippen LogP contribution in [-0.4, -0.2) is 68.1 Å². The van der Waals surface area contributed by atoms with Crippen molar-refractivity contribution in [1.29, 1.82) is 0 Å². The van der Waals surface area contributed by atoms with Gasteiger partial charge in [-0.05, 0) is 32.9 Å². The van der Waals surface area contributed by atoms with Crippen molar-refractivity contribution in [2.75, 3.05) is 44.7 Å². The predicted octanol–water partition coefficient (Wildman–Crippen LogP) is 0.802. The Hall–Kier alpha value is -2.77. The number of esters is 1. The van der Waals surface area contributed by atoms with Gasteiger partial charge in [0.1, 0.15) is 11.4 Å². The van der Waals surface area contributed by atoms with Crippen molar-refractivity contribution < 1.29 is 23.9 Å². The number of nitrogens with one attached hydrogen (secondary N) is 1. The van der Waals surface area contributed by atoms with Crippen LogP contribution in [0.3, 0.4) is 0 Å². The van der Waals surface area contributed by atoms with E-state index in [4.69, 9.17) is 9.47 Å². The van der Waals surface area contributed by atoms with Crippen LogP contribution in [0.1, 0.15) is 20.8 Å². The molecule has 1 heterocycles. The third-order valence-electron chi connectivity index (χ3n) is 4.04. The summed E-state index contributed by atoms with van der Waals surface area (Å²) in [5, 5.41) is 2.33. The summed E-state index contributed by atoms with van der Waals surface area (Å²) in [4.78, 5) is 39.5. The average molecular weight is 377 g/mol. The number of rotatable bonds is 4. The Kier molecular flexibility index (Phi) is 6.65. The fraction of sp³-hybridized carbons (Fsp3) is 0.526. The van der Waals surface area contributed by atoms with E-state index in [0.29, 0.717) is 26.2 Å². The molecular formula is C19H27N3O5. The summed E-state index contributed by atoms with van der Waals surface area (Å²) in [6.45, 7) is 7.23. The summed E-state index contributed by atoms with van der Waals surface area (Å²) in [6.07, 6.45) is 0. The van der Waals surface area contributed by atoms with Crippen molar-refractivity contribution >= 4 is 23.5 Å². The van der Waals surface area contributed by atoms with E-state index in [2.05, 4.69) is 10.2 Å². The largest absolute Gasteiger partial charge is 0.497 e. The first-order chi connectivity index (χ1) is 12.7. The number of methoxy groups -OCH3 is 1. The Labute approximate surface area is 159 Å². The molecule has 8 heteroatoms. The number of ether oxygens (including phenoxy) is 2. The van der Waals surface area contributed by atoms with Crippen LogP contribution in [0.4, 0.5) is 5.69 Å². The summed E-state index contributed by atoms with van der Waals surface area (Å²) in [5.74, 6) is -1.33. The van der Waals surface area contributed by atoms with E-state index in [1.54, 1.807) is 32.8 Å². The van der Waals surface area contributed by atoms with Gasteiger partial charge in [-0.2, -0.15) is 0 Å². The molecule has 0 saturated carbocycles. The molecule has 0 unspecified atom stereocenters. The minimum Gasteiger partial charge on any atom is -0.497 e. The van der Waals surface area contributed by atoms with Crippen LogP contribution < -0.4 is 15.0 Å². The van der Waals surface area contributed by atoms with E-state index in [1.807, 2.05) is 24.3 Å². The standard InChI is InChI=1S/C19H27N3O5/c1-19(2,3)27-18(25)17(24)20-13-16(23)22-10-8-21(9-11-22)14-6-5-7-15(12-14)26-4/h5-7,12H,8-11,13H2,1-4H3,(H,20,24). The first-order valence-corrected chi connectivity index (χ1v) is 8.87. The second-order valence-corrected chi connectivity index (χ2v) is 7.25. The Balaban J connectivity index is 1.79. The fourth-order valence-electron chi connectivity index (χ4n) is 2.69. The molecule has 0 aliphatic carbocycles. The lowest BCUT2D eigenvalue weighted by Gasteiger charge is -2.36. The highest BCUT2D eigenvalue weighted by molar-refractivity contribution is 6.32. The Bertz CT molecular complexity index is 691. The monoisotopic (exact) mass is 377 g/mol. The predicted molar refractivity (Wildman–Crippen MR) is 101 cm³/mol. The summed E-state index contributed by atoms with van der Waals surface area (Å²) in [5.41, 5.74) is 0.286. The zero-order valence-electron chi connectivity index (χ0n) is 16.3. The van der Waals surface area contributed by atoms with E-state index in [9.17, 15) is 14.4 Å². The number of hydrogen-bond donors (Lipinski definition) is 1. The lowest BCUT2D eigenvalue weighted by atomic mass is 10.2. The molecule has 1 N–H and O–H groups in total. The van der Waals surface area contributed by atoms with Gasteiger partial charge in [-0.25, -0.2) is 4.79 Å². The first kappa shape index (κ1) is 20.5. The van der Waals surface area contributed by atoms with Gasteiger partial charge >= 0.3 is 11.9 Å². The van der Waals surface area contributed by atoms with Crippen LogP contribution in [0.25, 0.3) is 0 Å². The maximum atomic E-state index is 12.3. The van der Waals surface area contributed by atoms with Gasteiger partial charge < -0.3 is 24.6 Å². The summed E-state index contributed by atoms with van der Waals surface area (Å²) in [6, 6.07) is 7.77. The fourth-order valence-corrected chi connectivity index (χ4v) is 2.69. The van der Waals surface area contributed by atoms with Gasteiger partial charge in [-0.3, -0.25) is 9.59 Å². The van der Waals surface area contributed by atoms with E-state index in [0.717, 1.165) is 11.4 Å². The molecule has 2 amide bonds. The van der Waals surface area contributed by atoms with E-state index in [1.165, 1.54) is 0 Å². The van der Waals surface area contributed by atoms with Crippen LogP contribution >= 0.6 is 0 Å². The van der Waals surface area contributed by atoms with Gasteiger partial charge in [-0.15, -0.1) is 0 Å². The molecule has 0 atom stereocenters. The van der Waals surface area contributed by atoms with E-state index >= 15 is 0 Å². The number of hydrogen-bond acceptors (Lipinski definition) is 6. The topological polar surface area (TPSA) is 88.2 Å². The zero-order chi connectivity index (χ0) is 20.0. The highest BCUT2D eigenvalue weighted by Gasteiger charge is 2.25. The van der Waals surface area contributed by atoms with Crippen LogP contribution in [0.15, 0.2) is 24.3 Å². The van der Waals surface area contributed by atoms with Crippen LogP contribution in [-0.2, 0) is 19.1 Å². The number of carbonyl (C=O) groups is 3. The molecule has 1 aliphatic rings. The quantitative estimate of drug-likeness (QED) is 0.617. The number of benzene rings is 1. The maximum absolute atomic E-state index is 12.3. The molecule has 0 radical (unpaired) electrons. The van der Waals surface area contributed by atoms with Gasteiger partial charge in [0.25, 0.3) is 0 Å². The smallest absolute Gasteiger partial charge is 0.397 e. The number of anilines is 1. The van der Waals surface area contributed by atoms with Gasteiger partial charge in [0.15, 0.2) is 0 Å². The van der Waals surface area contributed by atoms with Crippen LogP contribution in [0.2, 0.25) is 0 Å². The van der Waals surface area contributed by atoms with Gasteiger partial charge in [-0.1, -0.05) is 6.07 Å². The molecule has 1 saturated heterocycles. The van der Waals surface area contributed by atoms with Crippen molar-refractivity contribution in [2.45, 2.75) is 26.4 Å². The zero-order valence-corrected chi connectivity index (χ0v) is 16.3. The highest BCUT2D eigenvalue weighted by atomic mass is 16.6. The van der Waals surface area contributed by atoms with Crippen molar-refractivity contribution in [3.63, 3.8) is 0 Å². The molecule has 27 heavy (non-hydrogen) atoms. The molecular weight excluding hydrogens is 350 g/mol. The van der Waals surface area contributed by atoms with Gasteiger partial charge in [0, 0.05) is 37.9 Å². The lowest BCUT2D eigenvalue weighted by molar-refractivity contribution is -0.163. The number of nitrogens with zero attached hydrogens (tertiary/aromatic N) is 2. The van der Waals surface area contributed by atoms with Gasteiger partial charge in [0.2, 0.25) is 5.91 Å². The Morgan fingerprint density at radius 2 is 1.78 bits per heavy atom. The first-order valence-electron chi connectivity index (χ1n) is 8.87. The van der Waals surface area contributed by atoms with Crippen molar-refractivity contribution in [3.05, 3.63) is 24.3 Å². The molecule has 1 fully saturated rings. The molecule has 1 aliphatic heterocycles. The summed E-state index contributed by atoms with van der Waals surface area (Å²) in [7, 11) is 1.63. The molecule has 148 valence electrons. The minimum atomic E-state index is -0.988. The normalized spacial score (nSPS) is 14.5. The minimum absolute atomic E-state index is 0.225. The molecule has 1 aromatic rings. The molecule has 2 rings (SSSR count). The molecule has 1 aromatic carbocycles. The van der Waals surface area contributed by atoms with E-state index < -0.39 is 17.5 Å². The lowest BCUT2D eigenvalue weighted by Crippen LogP contribution is -2.51. The van der Waals surface area contributed by atoms with Crippen molar-refractivity contribution in [1.82, 2.24) is 10.2 Å². The third kappa shape index (κ3) is 6.16. The second kappa shape index (κ2) is 8.75. The van der Waals surface area contributed by atoms with E-state index in [-0.39, 0.29) is 12.5 Å². The summed E-state index contributed by atoms with van der Waals surface area (Å²) >= 11 is 0. The SMILES string of the molecule is COc1cccc(N2CCN(C(=O)CNC(=O)C(=O)OC(C)(C)C)CC2)c1.